The molecule has 0 saturated heterocycles. The molecule has 4 saturated carbocycles. The van der Waals surface area contributed by atoms with Gasteiger partial charge in [-0.3, -0.25) is 5.10 Å². The predicted molar refractivity (Wildman–Crippen MR) is 154 cm³/mol. The normalized spacial score (nSPS) is 31.2. The van der Waals surface area contributed by atoms with Gasteiger partial charge in [0.15, 0.2) is 5.82 Å². The molecule has 210 valence electrons. The van der Waals surface area contributed by atoms with Gasteiger partial charge in [0.25, 0.3) is 0 Å². The van der Waals surface area contributed by atoms with Crippen molar-refractivity contribution >= 4 is 23.6 Å². The molecule has 41 heavy (non-hydrogen) atoms. The Bertz CT molecular complexity index is 1530. The van der Waals surface area contributed by atoms with Crippen molar-refractivity contribution in [3.8, 4) is 6.07 Å². The van der Waals surface area contributed by atoms with Crippen molar-refractivity contribution in [1.29, 1.82) is 5.26 Å². The van der Waals surface area contributed by atoms with Crippen LogP contribution in [0.4, 0.5) is 22.4 Å². The summed E-state index contributed by atoms with van der Waals surface area (Å²) in [6.07, 6.45) is 10.7. The number of carbonyl (C=O) groups is 1. The number of carbonyl (C=O) groups excluding carboxylic acids is 1. The lowest BCUT2D eigenvalue weighted by Gasteiger charge is -2.52. The van der Waals surface area contributed by atoms with E-state index in [1.807, 2.05) is 24.3 Å². The van der Waals surface area contributed by atoms with Crippen LogP contribution in [0.2, 0.25) is 0 Å². The van der Waals surface area contributed by atoms with Gasteiger partial charge < -0.3 is 20.9 Å². The molecule has 0 spiro atoms. The van der Waals surface area contributed by atoms with Gasteiger partial charge in [0, 0.05) is 48.0 Å². The molecule has 4 fully saturated rings. The third-order valence-electron chi connectivity index (χ3n) is 10.4. The predicted octanol–water partition coefficient (Wildman–Crippen LogP) is 4.61. The zero-order valence-electron chi connectivity index (χ0n) is 23.0. The van der Waals surface area contributed by atoms with Gasteiger partial charge in [-0.25, -0.2) is 9.78 Å². The number of hydrogen-bond acceptors (Lipinski definition) is 7. The Morgan fingerprint density at radius 1 is 1.00 bits per heavy atom. The van der Waals surface area contributed by atoms with E-state index in [-0.39, 0.29) is 24.2 Å². The molecule has 7 atom stereocenters. The molecule has 4 N–H and O–H groups in total. The minimum Gasteiger partial charge on any atom is -0.351 e. The Labute approximate surface area is 239 Å². The lowest BCUT2D eigenvalue weighted by molar-refractivity contribution is 0.0255. The summed E-state index contributed by atoms with van der Waals surface area (Å²) in [6, 6.07) is 13.0. The SMILES string of the molecule is N#Cc1ccc2c(c1)CC(NC(=O)N1C3CCC(C3)c3cc(n[nH]3)Nc3ccnc(n3)N[C@@H]3CC4CCC3C[C@@H]41)C2. The largest absolute Gasteiger partial charge is 0.351 e. The molecule has 10 bridgehead atoms. The molecule has 0 radical (unpaired) electrons. The third-order valence-corrected chi connectivity index (χ3v) is 10.4. The second kappa shape index (κ2) is 9.75. The van der Waals surface area contributed by atoms with E-state index in [1.54, 1.807) is 6.20 Å². The van der Waals surface area contributed by atoms with Gasteiger partial charge >= 0.3 is 6.03 Å². The molecular weight excluding hydrogens is 514 g/mol. The van der Waals surface area contributed by atoms with Crippen molar-refractivity contribution < 1.29 is 4.79 Å². The number of nitrogens with zero attached hydrogens (tertiary/aromatic N) is 5. The molecule has 1 aromatic carbocycles. The minimum absolute atomic E-state index is 0.0601. The highest BCUT2D eigenvalue weighted by Crippen LogP contribution is 2.47. The topological polar surface area (TPSA) is 135 Å². The molecule has 3 aromatic rings. The van der Waals surface area contributed by atoms with Crippen molar-refractivity contribution in [3.63, 3.8) is 0 Å². The third kappa shape index (κ3) is 4.48. The highest BCUT2D eigenvalue weighted by Gasteiger charge is 2.48. The van der Waals surface area contributed by atoms with E-state index in [0.717, 1.165) is 68.7 Å². The number of amides is 2. The van der Waals surface area contributed by atoms with Gasteiger partial charge in [-0.05, 0) is 98.9 Å². The van der Waals surface area contributed by atoms with E-state index >= 15 is 0 Å². The van der Waals surface area contributed by atoms with Crippen LogP contribution >= 0.6 is 0 Å². The highest BCUT2D eigenvalue weighted by molar-refractivity contribution is 5.76. The Hall–Kier alpha value is -4.13. The second-order valence-corrected chi connectivity index (χ2v) is 12.7. The number of nitrogens with one attached hydrogen (secondary N) is 4. The number of urea groups is 1. The number of rotatable bonds is 1. The van der Waals surface area contributed by atoms with E-state index in [1.165, 1.54) is 17.5 Å². The smallest absolute Gasteiger partial charge is 0.318 e. The lowest BCUT2D eigenvalue weighted by atomic mass is 9.64. The molecule has 2 aromatic heterocycles. The number of H-pyrrole nitrogens is 1. The zero-order chi connectivity index (χ0) is 27.5. The fourth-order valence-electron chi connectivity index (χ4n) is 8.44. The standard InChI is InChI=1S/C31H35N9O/c32-16-17-1-2-18-10-23(11-22(18)9-17)34-31(41)40-24-6-5-19(12-24)26-15-29(39-38-26)36-28-7-8-33-30(37-28)35-25-13-21-4-3-20(25)14-27(21)40/h1-2,7-9,15,19-21,23-25,27H,3-6,10-14H2,(H,34,41)(H3,33,35,36,37,38,39)/t19?,20?,21?,23?,24?,25-,27+/m1/s1. The first kappa shape index (κ1) is 24.6. The van der Waals surface area contributed by atoms with E-state index in [4.69, 9.17) is 4.98 Å². The van der Waals surface area contributed by atoms with Crippen LogP contribution in [0.25, 0.3) is 0 Å². The van der Waals surface area contributed by atoms with E-state index in [9.17, 15) is 10.1 Å². The van der Waals surface area contributed by atoms with Crippen LogP contribution in [0.3, 0.4) is 0 Å². The Morgan fingerprint density at radius 3 is 2.78 bits per heavy atom. The maximum absolute atomic E-state index is 14.3. The molecular formula is C31H35N9O. The number of fused-ring (bicyclic) bond motifs is 2. The molecule has 2 amide bonds. The van der Waals surface area contributed by atoms with Crippen LogP contribution in [-0.4, -0.2) is 55.3 Å². The van der Waals surface area contributed by atoms with Gasteiger partial charge in [0.05, 0.1) is 11.6 Å². The lowest BCUT2D eigenvalue weighted by Crippen LogP contribution is -2.60. The summed E-state index contributed by atoms with van der Waals surface area (Å²) < 4.78 is 0. The summed E-state index contributed by atoms with van der Waals surface area (Å²) in [4.78, 5) is 25.8. The second-order valence-electron chi connectivity index (χ2n) is 12.7. The van der Waals surface area contributed by atoms with Crippen molar-refractivity contribution in [2.75, 3.05) is 10.6 Å². The van der Waals surface area contributed by atoms with Crippen LogP contribution in [-0.2, 0) is 12.8 Å². The van der Waals surface area contributed by atoms with Gasteiger partial charge in [-0.1, -0.05) is 6.07 Å². The maximum Gasteiger partial charge on any atom is 0.318 e. The molecule has 7 aliphatic rings. The van der Waals surface area contributed by atoms with Crippen molar-refractivity contribution in [2.24, 2.45) is 11.8 Å². The zero-order valence-corrected chi connectivity index (χ0v) is 23.0. The van der Waals surface area contributed by atoms with Crippen LogP contribution < -0.4 is 16.0 Å². The maximum atomic E-state index is 14.3. The summed E-state index contributed by atoms with van der Waals surface area (Å²) in [5.74, 6) is 3.39. The van der Waals surface area contributed by atoms with Crippen molar-refractivity contribution in [1.82, 2.24) is 30.4 Å². The van der Waals surface area contributed by atoms with Gasteiger partial charge in [0.1, 0.15) is 5.82 Å². The number of aromatic amines is 1. The number of aromatic nitrogens is 4. The first-order chi connectivity index (χ1) is 20.1. The quantitative estimate of drug-likeness (QED) is 0.348. The fraction of sp³-hybridized carbons (Fsp3) is 0.516. The highest BCUT2D eigenvalue weighted by atomic mass is 16.2. The minimum atomic E-state index is 0.0601. The van der Waals surface area contributed by atoms with Crippen molar-refractivity contribution in [3.05, 3.63) is 58.9 Å². The Morgan fingerprint density at radius 2 is 1.90 bits per heavy atom. The van der Waals surface area contributed by atoms with Gasteiger partial charge in [-0.15, -0.1) is 0 Å². The van der Waals surface area contributed by atoms with E-state index in [0.29, 0.717) is 35.3 Å². The van der Waals surface area contributed by atoms with Crippen LogP contribution in [0, 0.1) is 23.2 Å². The number of nitriles is 1. The molecule has 10 rings (SSSR count). The number of benzene rings is 1. The first-order valence-electron chi connectivity index (χ1n) is 15.1. The first-order valence-corrected chi connectivity index (χ1v) is 15.1. The molecule has 5 aliphatic carbocycles. The average Bonchev–Trinajstić information content (AvgIpc) is 3.73. The van der Waals surface area contributed by atoms with Crippen molar-refractivity contribution in [2.45, 2.75) is 87.9 Å². The van der Waals surface area contributed by atoms with E-state index < -0.39 is 0 Å². The van der Waals surface area contributed by atoms with E-state index in [2.05, 4.69) is 48.2 Å². The van der Waals surface area contributed by atoms with Crippen LogP contribution in [0.15, 0.2) is 36.5 Å². The average molecular weight is 550 g/mol. The number of anilines is 3. The van der Waals surface area contributed by atoms with Gasteiger partial charge in [-0.2, -0.15) is 15.3 Å². The molecule has 10 heteroatoms. The molecule has 2 aliphatic heterocycles. The summed E-state index contributed by atoms with van der Waals surface area (Å²) in [7, 11) is 0. The Balaban J connectivity index is 1.09. The molecule has 4 heterocycles. The Kier molecular flexibility index (Phi) is 5.86. The summed E-state index contributed by atoms with van der Waals surface area (Å²) in [6.45, 7) is 0. The monoisotopic (exact) mass is 549 g/mol. The van der Waals surface area contributed by atoms with Crippen LogP contribution in [0.5, 0.6) is 0 Å². The fourth-order valence-corrected chi connectivity index (χ4v) is 8.44. The molecule has 10 nitrogen and oxygen atoms in total. The summed E-state index contributed by atoms with van der Waals surface area (Å²) >= 11 is 0. The summed E-state index contributed by atoms with van der Waals surface area (Å²) in [5.41, 5.74) is 4.22. The van der Waals surface area contributed by atoms with Crippen LogP contribution in [0.1, 0.15) is 73.2 Å². The number of hydrogen-bond donors (Lipinski definition) is 4. The molecule has 5 unspecified atom stereocenters. The van der Waals surface area contributed by atoms with Gasteiger partial charge in [0.2, 0.25) is 5.95 Å². The summed E-state index contributed by atoms with van der Waals surface area (Å²) in [5, 5.41) is 27.5.